The lowest BCUT2D eigenvalue weighted by Gasteiger charge is -2.42. The molecule has 3 fully saturated rings. The molecule has 3 N–H and O–H groups in total. The number of likely N-dealkylation sites (N-methyl/N-ethyl adjacent to an activating group) is 1. The van der Waals surface area contributed by atoms with Crippen LogP contribution in [-0.4, -0.2) is 111 Å². The highest BCUT2D eigenvalue weighted by atomic mass is 35.5. The molecule has 0 radical (unpaired) electrons. The number of carbonyl (C=O) groups excluding carboxylic acids is 3. The highest BCUT2D eigenvalue weighted by Gasteiger charge is 2.34. The van der Waals surface area contributed by atoms with Gasteiger partial charge in [-0.15, -0.1) is 0 Å². The number of hydrogen-bond acceptors (Lipinski definition) is 13. The molecule has 3 atom stereocenters. The number of ether oxygens (including phenoxy) is 1. The number of hydrogen-bond donors (Lipinski definition) is 3. The van der Waals surface area contributed by atoms with Gasteiger partial charge < -0.3 is 25.2 Å². The van der Waals surface area contributed by atoms with Gasteiger partial charge in [0.2, 0.25) is 17.8 Å². The zero-order valence-corrected chi connectivity index (χ0v) is 35.3. The number of imide groups is 1. The van der Waals surface area contributed by atoms with Gasteiger partial charge in [-0.1, -0.05) is 30.7 Å². The van der Waals surface area contributed by atoms with Crippen LogP contribution in [0.25, 0.3) is 21.9 Å². The number of fused-ring (bicyclic) bond motifs is 2. The number of nitrogens with zero attached hydrogens (tertiary/aromatic N) is 9. The van der Waals surface area contributed by atoms with E-state index in [4.69, 9.17) is 26.4 Å². The maximum atomic E-state index is 13.2. The number of amides is 3. The van der Waals surface area contributed by atoms with Gasteiger partial charge in [0, 0.05) is 83.1 Å². The minimum absolute atomic E-state index is 0.0583. The molecule has 60 heavy (non-hydrogen) atoms. The van der Waals surface area contributed by atoms with Crippen molar-refractivity contribution in [2.45, 2.75) is 52.0 Å². The first-order valence-electron chi connectivity index (χ1n) is 20.6. The molecule has 5 aromatic rings. The van der Waals surface area contributed by atoms with Crippen LogP contribution in [0.3, 0.4) is 0 Å². The number of carbonyl (C=O) groups is 3. The van der Waals surface area contributed by atoms with E-state index in [2.05, 4.69) is 53.6 Å². The SMILES string of the molecule is CNC(=O)COc1cc2cc(Nc3nc(N4CCC(CN5CCN(c6cccc7c(C8CCC(=O)NC8=O)nn(C)c67)CC5)[C@H](C)C4)ncc3Cl)cnc2n(C(C)C)c1=O. The maximum Gasteiger partial charge on any atom is 0.294 e. The Kier molecular flexibility index (Phi) is 11.6. The lowest BCUT2D eigenvalue weighted by molar-refractivity contribution is -0.134. The van der Waals surface area contributed by atoms with Crippen LogP contribution < -0.4 is 36.0 Å². The summed E-state index contributed by atoms with van der Waals surface area (Å²) in [5, 5.41) is 15.0. The number of nitrogens with one attached hydrogen (secondary N) is 3. The molecule has 18 heteroatoms. The van der Waals surface area contributed by atoms with Crippen LogP contribution in [-0.2, 0) is 21.4 Å². The van der Waals surface area contributed by atoms with E-state index in [1.807, 2.05) is 43.8 Å². The molecule has 0 saturated carbocycles. The van der Waals surface area contributed by atoms with E-state index in [-0.39, 0.29) is 41.7 Å². The molecule has 17 nitrogen and oxygen atoms in total. The monoisotopic (exact) mass is 838 g/mol. The summed E-state index contributed by atoms with van der Waals surface area (Å²) in [6.07, 6.45) is 5.04. The van der Waals surface area contributed by atoms with Crippen LogP contribution in [0.15, 0.2) is 47.5 Å². The summed E-state index contributed by atoms with van der Waals surface area (Å²) in [4.78, 5) is 70.9. The Balaban J connectivity index is 0.895. The summed E-state index contributed by atoms with van der Waals surface area (Å²) in [5.41, 5.74) is 3.61. The molecule has 8 rings (SSSR count). The van der Waals surface area contributed by atoms with Gasteiger partial charge in [0.05, 0.1) is 40.9 Å². The predicted molar refractivity (Wildman–Crippen MR) is 230 cm³/mol. The largest absolute Gasteiger partial charge is 0.478 e. The van der Waals surface area contributed by atoms with Gasteiger partial charge in [0.1, 0.15) is 10.7 Å². The number of aryl methyl sites for hydroxylation is 1. The minimum atomic E-state index is -0.432. The molecule has 1 aromatic carbocycles. The van der Waals surface area contributed by atoms with Crippen molar-refractivity contribution in [3.63, 3.8) is 0 Å². The van der Waals surface area contributed by atoms with Crippen molar-refractivity contribution in [1.82, 2.24) is 44.8 Å². The zero-order chi connectivity index (χ0) is 42.2. The fourth-order valence-electron chi connectivity index (χ4n) is 8.76. The number of piperidine rings is 2. The second kappa shape index (κ2) is 17.0. The Morgan fingerprint density at radius 3 is 2.57 bits per heavy atom. The van der Waals surface area contributed by atoms with Gasteiger partial charge in [0.15, 0.2) is 18.2 Å². The van der Waals surface area contributed by atoms with Gasteiger partial charge in [-0.3, -0.25) is 38.6 Å². The van der Waals surface area contributed by atoms with E-state index in [0.717, 1.165) is 74.5 Å². The van der Waals surface area contributed by atoms with E-state index in [1.165, 1.54) is 7.05 Å². The van der Waals surface area contributed by atoms with Crippen LogP contribution in [0.5, 0.6) is 5.75 Å². The molecule has 0 aliphatic carbocycles. The summed E-state index contributed by atoms with van der Waals surface area (Å²) >= 11 is 6.62. The number of benzene rings is 1. The first-order valence-corrected chi connectivity index (χ1v) is 21.0. The van der Waals surface area contributed by atoms with E-state index >= 15 is 0 Å². The molecule has 0 spiro atoms. The number of piperazine rings is 1. The Morgan fingerprint density at radius 1 is 1.03 bits per heavy atom. The molecule has 4 aromatic heterocycles. The highest BCUT2D eigenvalue weighted by molar-refractivity contribution is 6.33. The molecule has 2 unspecified atom stereocenters. The van der Waals surface area contributed by atoms with E-state index in [9.17, 15) is 19.2 Å². The molecule has 3 saturated heterocycles. The average molecular weight is 839 g/mol. The number of rotatable bonds is 11. The summed E-state index contributed by atoms with van der Waals surface area (Å²) < 4.78 is 9.03. The first kappa shape index (κ1) is 40.9. The van der Waals surface area contributed by atoms with Crippen molar-refractivity contribution in [2.75, 3.05) is 74.6 Å². The van der Waals surface area contributed by atoms with Crippen molar-refractivity contribution in [2.24, 2.45) is 18.9 Å². The van der Waals surface area contributed by atoms with Crippen molar-refractivity contribution >= 4 is 74.4 Å². The van der Waals surface area contributed by atoms with Crippen LogP contribution >= 0.6 is 11.6 Å². The second-order valence-corrected chi connectivity index (χ2v) is 16.7. The van der Waals surface area contributed by atoms with Crippen LogP contribution in [0, 0.1) is 11.8 Å². The lowest BCUT2D eigenvalue weighted by Crippen LogP contribution is -2.50. The summed E-state index contributed by atoms with van der Waals surface area (Å²) in [6.45, 7) is 12.1. The van der Waals surface area contributed by atoms with Gasteiger partial charge in [0.25, 0.3) is 11.5 Å². The Bertz CT molecular complexity index is 2510. The van der Waals surface area contributed by atoms with Gasteiger partial charge in [-0.2, -0.15) is 10.1 Å². The minimum Gasteiger partial charge on any atom is -0.478 e. The Labute approximate surface area is 352 Å². The zero-order valence-electron chi connectivity index (χ0n) is 34.6. The highest BCUT2D eigenvalue weighted by Crippen LogP contribution is 2.36. The third kappa shape index (κ3) is 8.19. The molecule has 3 aliphatic heterocycles. The fourth-order valence-corrected chi connectivity index (χ4v) is 8.90. The Morgan fingerprint density at radius 2 is 1.83 bits per heavy atom. The third-order valence-electron chi connectivity index (χ3n) is 12.0. The number of para-hydroxylation sites is 1. The third-order valence-corrected chi connectivity index (χ3v) is 12.3. The summed E-state index contributed by atoms with van der Waals surface area (Å²) in [5.74, 6) is 0.751. The second-order valence-electron chi connectivity index (χ2n) is 16.3. The predicted octanol–water partition coefficient (Wildman–Crippen LogP) is 3.98. The van der Waals surface area contributed by atoms with E-state index < -0.39 is 5.92 Å². The summed E-state index contributed by atoms with van der Waals surface area (Å²) in [6, 6.07) is 9.45. The van der Waals surface area contributed by atoms with Crippen LogP contribution in [0.2, 0.25) is 5.02 Å². The molecule has 7 heterocycles. The average Bonchev–Trinajstić information content (AvgIpc) is 3.57. The first-order chi connectivity index (χ1) is 28.9. The lowest BCUT2D eigenvalue weighted by atomic mass is 9.86. The Hall–Kier alpha value is -5.81. The van der Waals surface area contributed by atoms with Gasteiger partial charge in [-0.05, 0) is 56.7 Å². The number of halogens is 1. The van der Waals surface area contributed by atoms with Gasteiger partial charge in [-0.25, -0.2) is 9.97 Å². The van der Waals surface area contributed by atoms with Crippen molar-refractivity contribution in [3.8, 4) is 5.75 Å². The molecule has 3 amide bonds. The molecular formula is C42H51ClN12O5. The standard InChI is InChI=1S/C42H51ClN12O5/c1-24(2)55-39-27(18-33(41(55)59)60-23-35(57)44-4)17-28(19-45-39)47-38-31(43)20-46-42(49-38)54-12-11-26(25(3)21-54)22-52-13-15-53(16-14-52)32-8-6-7-29-36(50-51(5)37(29)32)30-9-10-34(56)48-40(30)58/h6-8,17-20,24-26,30H,9-16,21-23H2,1-5H3,(H,44,57)(H,46,47,49)(H,48,56,58)/t25-,26?,30?/m1/s1. The number of anilines is 4. The fraction of sp³-hybridized carbons (Fsp3) is 0.476. The maximum absolute atomic E-state index is 13.2. The van der Waals surface area contributed by atoms with Crippen LogP contribution in [0.4, 0.5) is 23.1 Å². The molecule has 3 aliphatic rings. The topological polar surface area (TPSA) is 185 Å². The van der Waals surface area contributed by atoms with E-state index in [0.29, 0.717) is 58.2 Å². The molecule has 316 valence electrons. The van der Waals surface area contributed by atoms with Crippen molar-refractivity contribution < 1.29 is 19.1 Å². The smallest absolute Gasteiger partial charge is 0.294 e. The molecular weight excluding hydrogens is 788 g/mol. The van der Waals surface area contributed by atoms with Crippen molar-refractivity contribution in [1.29, 1.82) is 0 Å². The van der Waals surface area contributed by atoms with E-state index in [1.54, 1.807) is 23.0 Å². The normalized spacial score (nSPS) is 20.2. The number of pyridine rings is 2. The molecule has 0 bridgehead atoms. The number of aromatic nitrogens is 6. The van der Waals surface area contributed by atoms with Crippen molar-refractivity contribution in [3.05, 3.63) is 63.8 Å². The summed E-state index contributed by atoms with van der Waals surface area (Å²) in [7, 11) is 3.44. The quantitative estimate of drug-likeness (QED) is 0.163. The van der Waals surface area contributed by atoms with Crippen LogP contribution in [0.1, 0.15) is 57.7 Å². The van der Waals surface area contributed by atoms with Gasteiger partial charge >= 0.3 is 0 Å².